The highest BCUT2D eigenvalue weighted by atomic mass is 35.5. The standard InChI is InChI=1S/C23H37N3O.2ClH/c1-19-7-3-4-8-21(19)13-16-25-14-11-20(12-15-25)18-26(23(27)17-24-2)22-9-5-6-10-22;;/h3-4,7-8,20,22,24H,5-6,9-18H2,1-2H3;2*1H. The number of likely N-dealkylation sites (N-methyl/N-ethyl adjacent to an activating group) is 1. The second-order valence-corrected chi connectivity index (χ2v) is 8.48. The minimum Gasteiger partial charge on any atom is -0.338 e. The van der Waals surface area contributed by atoms with E-state index in [4.69, 9.17) is 0 Å². The molecule has 0 atom stereocenters. The van der Waals surface area contributed by atoms with Crippen molar-refractivity contribution in [2.24, 2.45) is 5.92 Å². The Kier molecular flexibility index (Phi) is 12.2. The zero-order valence-corrected chi connectivity index (χ0v) is 19.7. The molecule has 1 aromatic carbocycles. The Bertz CT molecular complexity index is 600. The van der Waals surface area contributed by atoms with Crippen molar-refractivity contribution in [1.29, 1.82) is 0 Å². The normalized spacial score (nSPS) is 18.1. The Morgan fingerprint density at radius 3 is 2.38 bits per heavy atom. The number of nitrogens with one attached hydrogen (secondary N) is 1. The lowest BCUT2D eigenvalue weighted by atomic mass is 9.94. The van der Waals surface area contributed by atoms with Crippen molar-refractivity contribution in [2.75, 3.05) is 39.8 Å². The summed E-state index contributed by atoms with van der Waals surface area (Å²) in [5.74, 6) is 0.965. The predicted octanol–water partition coefficient (Wildman–Crippen LogP) is 4.08. The number of rotatable bonds is 8. The van der Waals surface area contributed by atoms with Gasteiger partial charge in [-0.2, -0.15) is 0 Å². The van der Waals surface area contributed by atoms with E-state index >= 15 is 0 Å². The van der Waals surface area contributed by atoms with E-state index in [1.807, 2.05) is 7.05 Å². The maximum atomic E-state index is 12.6. The predicted molar refractivity (Wildman–Crippen MR) is 126 cm³/mol. The van der Waals surface area contributed by atoms with E-state index in [0.29, 0.717) is 24.4 Å². The first-order chi connectivity index (χ1) is 13.2. The second kappa shape index (κ2) is 13.5. The van der Waals surface area contributed by atoms with E-state index in [1.165, 1.54) is 62.7 Å². The molecule has 1 saturated heterocycles. The van der Waals surface area contributed by atoms with Crippen LogP contribution in [0.5, 0.6) is 0 Å². The minimum absolute atomic E-state index is 0. The molecule has 0 aromatic heterocycles. The van der Waals surface area contributed by atoms with E-state index in [0.717, 1.165) is 19.5 Å². The fourth-order valence-electron chi connectivity index (χ4n) is 4.76. The molecule has 0 spiro atoms. The van der Waals surface area contributed by atoms with Crippen LogP contribution in [0.2, 0.25) is 0 Å². The third kappa shape index (κ3) is 7.75. The summed E-state index contributed by atoms with van der Waals surface area (Å²) in [4.78, 5) is 17.4. The number of nitrogens with zero attached hydrogens (tertiary/aromatic N) is 2. The van der Waals surface area contributed by atoms with Gasteiger partial charge in [0, 0.05) is 19.1 Å². The quantitative estimate of drug-likeness (QED) is 0.656. The number of hydrogen-bond donors (Lipinski definition) is 1. The summed E-state index contributed by atoms with van der Waals surface area (Å²) in [6.07, 6.45) is 8.56. The summed E-state index contributed by atoms with van der Waals surface area (Å²) in [6.45, 7) is 7.16. The Labute approximate surface area is 189 Å². The van der Waals surface area contributed by atoms with Crippen LogP contribution in [0.3, 0.4) is 0 Å². The molecule has 166 valence electrons. The minimum atomic E-state index is 0. The molecular formula is C23H39Cl2N3O. The van der Waals surface area contributed by atoms with Crippen LogP contribution in [0.25, 0.3) is 0 Å². The van der Waals surface area contributed by atoms with Crippen molar-refractivity contribution in [3.8, 4) is 0 Å². The number of benzene rings is 1. The Hall–Kier alpha value is -0.810. The molecule has 1 aliphatic heterocycles. The van der Waals surface area contributed by atoms with Gasteiger partial charge in [0.15, 0.2) is 0 Å². The van der Waals surface area contributed by atoms with E-state index in [2.05, 4.69) is 46.3 Å². The number of piperidine rings is 1. The monoisotopic (exact) mass is 443 g/mol. The third-order valence-electron chi connectivity index (χ3n) is 6.53. The van der Waals surface area contributed by atoms with Gasteiger partial charge in [0.1, 0.15) is 0 Å². The number of likely N-dealkylation sites (tertiary alicyclic amines) is 1. The highest BCUT2D eigenvalue weighted by Gasteiger charge is 2.29. The van der Waals surface area contributed by atoms with Crippen LogP contribution in [-0.4, -0.2) is 61.5 Å². The second-order valence-electron chi connectivity index (χ2n) is 8.48. The van der Waals surface area contributed by atoms with Crippen LogP contribution in [-0.2, 0) is 11.2 Å². The van der Waals surface area contributed by atoms with Crippen LogP contribution >= 0.6 is 24.8 Å². The molecule has 0 radical (unpaired) electrons. The largest absolute Gasteiger partial charge is 0.338 e. The molecule has 1 saturated carbocycles. The number of halogens is 2. The van der Waals surface area contributed by atoms with Gasteiger partial charge in [-0.3, -0.25) is 4.79 Å². The van der Waals surface area contributed by atoms with E-state index in [1.54, 1.807) is 0 Å². The number of carbonyl (C=O) groups is 1. The summed E-state index contributed by atoms with van der Waals surface area (Å²) in [5.41, 5.74) is 2.88. The summed E-state index contributed by atoms with van der Waals surface area (Å²) in [5, 5.41) is 3.05. The first-order valence-corrected chi connectivity index (χ1v) is 10.9. The van der Waals surface area contributed by atoms with Crippen molar-refractivity contribution >= 4 is 30.7 Å². The molecule has 1 heterocycles. The van der Waals surface area contributed by atoms with Gasteiger partial charge in [0.25, 0.3) is 0 Å². The van der Waals surface area contributed by atoms with Crippen molar-refractivity contribution in [3.63, 3.8) is 0 Å². The number of aryl methyl sites for hydroxylation is 1. The molecule has 0 bridgehead atoms. The maximum Gasteiger partial charge on any atom is 0.236 e. The first kappa shape index (κ1) is 26.2. The molecule has 2 aliphatic rings. The first-order valence-electron chi connectivity index (χ1n) is 10.9. The zero-order valence-electron chi connectivity index (χ0n) is 18.1. The molecule has 1 amide bonds. The SMILES string of the molecule is CNCC(=O)N(CC1CCN(CCc2ccccc2C)CC1)C1CCCC1.Cl.Cl. The van der Waals surface area contributed by atoms with Gasteiger partial charge in [-0.25, -0.2) is 0 Å². The Morgan fingerprint density at radius 2 is 1.76 bits per heavy atom. The lowest BCUT2D eigenvalue weighted by Gasteiger charge is -2.37. The fraction of sp³-hybridized carbons (Fsp3) is 0.696. The van der Waals surface area contributed by atoms with Crippen LogP contribution < -0.4 is 5.32 Å². The van der Waals surface area contributed by atoms with E-state index < -0.39 is 0 Å². The Morgan fingerprint density at radius 1 is 1.10 bits per heavy atom. The molecule has 4 nitrogen and oxygen atoms in total. The molecule has 1 aliphatic carbocycles. The van der Waals surface area contributed by atoms with Crippen LogP contribution in [0.4, 0.5) is 0 Å². The van der Waals surface area contributed by atoms with E-state index in [-0.39, 0.29) is 24.8 Å². The lowest BCUT2D eigenvalue weighted by Crippen LogP contribution is -2.47. The van der Waals surface area contributed by atoms with Gasteiger partial charge >= 0.3 is 0 Å². The summed E-state index contributed by atoms with van der Waals surface area (Å²) >= 11 is 0. The van der Waals surface area contributed by atoms with Gasteiger partial charge in [0.05, 0.1) is 6.54 Å². The third-order valence-corrected chi connectivity index (χ3v) is 6.53. The highest BCUT2D eigenvalue weighted by Crippen LogP contribution is 2.27. The van der Waals surface area contributed by atoms with Crippen molar-refractivity contribution < 1.29 is 4.79 Å². The van der Waals surface area contributed by atoms with Crippen LogP contribution in [0, 0.1) is 12.8 Å². The van der Waals surface area contributed by atoms with Gasteiger partial charge in [-0.05, 0) is 76.2 Å². The smallest absolute Gasteiger partial charge is 0.236 e. The molecule has 29 heavy (non-hydrogen) atoms. The number of hydrogen-bond acceptors (Lipinski definition) is 3. The van der Waals surface area contributed by atoms with Crippen LogP contribution in [0.15, 0.2) is 24.3 Å². The molecule has 0 unspecified atom stereocenters. The zero-order chi connectivity index (χ0) is 19.1. The molecular weight excluding hydrogens is 405 g/mol. The molecule has 1 N–H and O–H groups in total. The summed E-state index contributed by atoms with van der Waals surface area (Å²) in [7, 11) is 1.87. The molecule has 6 heteroatoms. The maximum absolute atomic E-state index is 12.6. The summed E-state index contributed by atoms with van der Waals surface area (Å²) < 4.78 is 0. The van der Waals surface area contributed by atoms with E-state index in [9.17, 15) is 4.79 Å². The molecule has 2 fully saturated rings. The van der Waals surface area contributed by atoms with Crippen molar-refractivity contribution in [3.05, 3.63) is 35.4 Å². The van der Waals surface area contributed by atoms with Gasteiger partial charge in [0.2, 0.25) is 5.91 Å². The van der Waals surface area contributed by atoms with Gasteiger partial charge in [-0.1, -0.05) is 37.1 Å². The average molecular weight is 444 g/mol. The highest BCUT2D eigenvalue weighted by molar-refractivity contribution is 5.85. The van der Waals surface area contributed by atoms with Crippen LogP contribution in [0.1, 0.15) is 49.7 Å². The topological polar surface area (TPSA) is 35.6 Å². The molecule has 3 rings (SSSR count). The fourth-order valence-corrected chi connectivity index (χ4v) is 4.76. The van der Waals surface area contributed by atoms with Gasteiger partial charge in [-0.15, -0.1) is 24.8 Å². The van der Waals surface area contributed by atoms with Gasteiger partial charge < -0.3 is 15.1 Å². The lowest BCUT2D eigenvalue weighted by molar-refractivity contribution is -0.133. The van der Waals surface area contributed by atoms with Crippen molar-refractivity contribution in [1.82, 2.24) is 15.1 Å². The summed E-state index contributed by atoms with van der Waals surface area (Å²) in [6, 6.07) is 9.23. The van der Waals surface area contributed by atoms with Crippen molar-refractivity contribution in [2.45, 2.75) is 57.9 Å². The number of carbonyl (C=O) groups excluding carboxylic acids is 1. The Balaban J connectivity index is 0.00000210. The number of amides is 1. The average Bonchev–Trinajstić information content (AvgIpc) is 3.21. The molecule has 1 aromatic rings.